The van der Waals surface area contributed by atoms with E-state index < -0.39 is 5.56 Å². The number of carbonyl (C=O) groups is 2. The number of halogens is 1. The fraction of sp³-hybridized carbons (Fsp3) is 0.333. The van der Waals surface area contributed by atoms with Gasteiger partial charge in [-0.3, -0.25) is 14.4 Å². The second-order valence-electron chi connectivity index (χ2n) is 6.64. The molecule has 2 aromatic rings. The lowest BCUT2D eigenvalue weighted by Gasteiger charge is -2.28. The number of benzene rings is 1. The summed E-state index contributed by atoms with van der Waals surface area (Å²) in [6.07, 6.45) is 3.37. The van der Waals surface area contributed by atoms with E-state index in [0.717, 1.165) is 27.6 Å². The first-order valence-electron chi connectivity index (χ1n) is 8.55. The third-order valence-corrected chi connectivity index (χ3v) is 6.11. The lowest BCUT2D eigenvalue weighted by molar-refractivity contribution is -0.117. The maximum Gasteiger partial charge on any atom is 0.292 e. The van der Waals surface area contributed by atoms with Gasteiger partial charge in [-0.25, -0.2) is 4.68 Å². The van der Waals surface area contributed by atoms with Crippen LogP contribution < -0.4 is 15.8 Å². The van der Waals surface area contributed by atoms with Crippen LogP contribution in [0.25, 0.3) is 0 Å². The van der Waals surface area contributed by atoms with Gasteiger partial charge in [-0.2, -0.15) is 5.10 Å². The average molecular weight is 449 g/mol. The Morgan fingerprint density at radius 2 is 2.15 bits per heavy atom. The van der Waals surface area contributed by atoms with Crippen molar-refractivity contribution in [1.82, 2.24) is 9.78 Å². The summed E-state index contributed by atoms with van der Waals surface area (Å²) in [6, 6.07) is 5.68. The lowest BCUT2D eigenvalue weighted by Crippen LogP contribution is -2.43. The first-order chi connectivity index (χ1) is 12.9. The average Bonchev–Trinajstić information content (AvgIpc) is 3.45. The summed E-state index contributed by atoms with van der Waals surface area (Å²) in [6.45, 7) is 1.74. The zero-order valence-electron chi connectivity index (χ0n) is 14.6. The van der Waals surface area contributed by atoms with Crippen LogP contribution in [0.3, 0.4) is 0 Å². The molecule has 1 saturated carbocycles. The molecular formula is C18H17BrN4O3S. The van der Waals surface area contributed by atoms with Crippen LogP contribution in [-0.2, 0) is 16.1 Å². The second-order valence-corrected chi connectivity index (χ2v) is 8.51. The van der Waals surface area contributed by atoms with Gasteiger partial charge in [0.2, 0.25) is 11.8 Å². The number of anilines is 2. The van der Waals surface area contributed by atoms with E-state index in [1.165, 1.54) is 11.8 Å². The van der Waals surface area contributed by atoms with Crippen LogP contribution in [-0.4, -0.2) is 33.4 Å². The summed E-state index contributed by atoms with van der Waals surface area (Å²) in [4.78, 5) is 39.9. The number of hydrogen-bond acceptors (Lipinski definition) is 5. The van der Waals surface area contributed by atoms with Gasteiger partial charge < -0.3 is 10.2 Å². The quantitative estimate of drug-likeness (QED) is 0.776. The molecule has 0 atom stereocenters. The van der Waals surface area contributed by atoms with E-state index in [-0.39, 0.29) is 24.4 Å². The molecule has 0 spiro atoms. The number of aryl methyl sites for hydroxylation is 1. The highest BCUT2D eigenvalue weighted by Crippen LogP contribution is 2.39. The summed E-state index contributed by atoms with van der Waals surface area (Å²) in [7, 11) is 0. The maximum atomic E-state index is 12.9. The van der Waals surface area contributed by atoms with Crippen molar-refractivity contribution in [2.45, 2.75) is 37.2 Å². The Hall–Kier alpha value is -2.13. The minimum absolute atomic E-state index is 0.0575. The largest absolute Gasteiger partial charge is 0.323 e. The molecule has 1 aromatic carbocycles. The van der Waals surface area contributed by atoms with Crippen molar-refractivity contribution in [3.8, 4) is 0 Å². The molecule has 9 heteroatoms. The molecule has 1 aliphatic carbocycles. The molecule has 7 nitrogen and oxygen atoms in total. The third-order valence-electron chi connectivity index (χ3n) is 4.45. The van der Waals surface area contributed by atoms with Crippen LogP contribution >= 0.6 is 27.7 Å². The van der Waals surface area contributed by atoms with Crippen molar-refractivity contribution in [3.63, 3.8) is 0 Å². The normalized spacial score (nSPS) is 16.2. The molecule has 27 heavy (non-hydrogen) atoms. The van der Waals surface area contributed by atoms with Gasteiger partial charge in [0, 0.05) is 10.5 Å². The summed E-state index contributed by atoms with van der Waals surface area (Å²) in [5, 5.41) is 6.90. The Morgan fingerprint density at radius 3 is 2.85 bits per heavy atom. The van der Waals surface area contributed by atoms with Gasteiger partial charge in [0.15, 0.2) is 0 Å². The van der Waals surface area contributed by atoms with Gasteiger partial charge in [-0.1, -0.05) is 6.07 Å². The van der Waals surface area contributed by atoms with Crippen molar-refractivity contribution in [2.75, 3.05) is 16.0 Å². The van der Waals surface area contributed by atoms with Crippen molar-refractivity contribution in [2.24, 2.45) is 0 Å². The zero-order chi connectivity index (χ0) is 19.1. The number of carbonyl (C=O) groups excluding carboxylic acids is 2. The molecule has 2 amide bonds. The van der Waals surface area contributed by atoms with Gasteiger partial charge in [0.25, 0.3) is 5.56 Å². The first-order valence-corrected chi connectivity index (χ1v) is 10.3. The molecule has 140 valence electrons. The molecule has 1 aliphatic heterocycles. The van der Waals surface area contributed by atoms with E-state index >= 15 is 0 Å². The predicted octanol–water partition coefficient (Wildman–Crippen LogP) is 2.55. The molecule has 0 saturated heterocycles. The first kappa shape index (κ1) is 18.2. The molecule has 1 fully saturated rings. The van der Waals surface area contributed by atoms with Crippen molar-refractivity contribution in [3.05, 3.63) is 44.8 Å². The predicted molar refractivity (Wildman–Crippen MR) is 107 cm³/mol. The monoisotopic (exact) mass is 448 g/mol. The van der Waals surface area contributed by atoms with Crippen molar-refractivity contribution >= 4 is 50.9 Å². The Balaban J connectivity index is 1.59. The third kappa shape index (κ3) is 3.66. The Bertz CT molecular complexity index is 1000. The molecule has 0 bridgehead atoms. The summed E-state index contributed by atoms with van der Waals surface area (Å²) >= 11 is 4.74. The van der Waals surface area contributed by atoms with Gasteiger partial charge in [0.05, 0.1) is 22.5 Å². The van der Waals surface area contributed by atoms with Crippen LogP contribution in [0, 0.1) is 6.92 Å². The minimum atomic E-state index is -0.405. The van der Waals surface area contributed by atoms with Crippen LogP contribution in [0.5, 0.6) is 0 Å². The van der Waals surface area contributed by atoms with Gasteiger partial charge >= 0.3 is 0 Å². The summed E-state index contributed by atoms with van der Waals surface area (Å²) < 4.78 is 1.88. The number of rotatable bonds is 4. The van der Waals surface area contributed by atoms with Crippen molar-refractivity contribution < 1.29 is 9.59 Å². The molecule has 0 unspecified atom stereocenters. The maximum absolute atomic E-state index is 12.9. The smallest absolute Gasteiger partial charge is 0.292 e. The van der Waals surface area contributed by atoms with Gasteiger partial charge in [-0.05, 0) is 53.4 Å². The number of thioether (sulfide) groups is 1. The van der Waals surface area contributed by atoms with E-state index in [9.17, 15) is 14.4 Å². The van der Waals surface area contributed by atoms with Gasteiger partial charge in [0.1, 0.15) is 12.2 Å². The highest BCUT2D eigenvalue weighted by atomic mass is 79.9. The number of fused-ring (bicyclic) bond motifs is 1. The number of aromatic nitrogens is 2. The number of nitrogens with zero attached hydrogens (tertiary/aromatic N) is 3. The zero-order valence-corrected chi connectivity index (χ0v) is 17.0. The van der Waals surface area contributed by atoms with E-state index in [2.05, 4.69) is 26.3 Å². The molecule has 2 heterocycles. The molecular weight excluding hydrogens is 432 g/mol. The number of nitrogens with one attached hydrogen (secondary N) is 1. The van der Waals surface area contributed by atoms with E-state index in [1.54, 1.807) is 17.2 Å². The number of amides is 2. The molecule has 0 radical (unpaired) electrons. The van der Waals surface area contributed by atoms with E-state index in [1.807, 2.05) is 19.1 Å². The minimum Gasteiger partial charge on any atom is -0.323 e. The van der Waals surface area contributed by atoms with Crippen LogP contribution in [0.2, 0.25) is 0 Å². The number of hydrogen-bond donors (Lipinski definition) is 1. The molecule has 4 rings (SSSR count). The SMILES string of the molecule is Cc1ccc(NC(=O)Cn2ncc3c(c2=O)N(C2CC2)C(=O)CS3)c(Br)c1. The Morgan fingerprint density at radius 1 is 1.37 bits per heavy atom. The second kappa shape index (κ2) is 7.12. The Kier molecular flexibility index (Phi) is 4.81. The standard InChI is InChI=1S/C18H17BrN4O3S/c1-10-2-5-13(12(19)6-10)21-15(24)8-22-18(26)17-14(7-20-22)27-9-16(25)23(17)11-3-4-11/h2,5-7,11H,3-4,8-9H2,1H3,(H,21,24). The van der Waals surface area contributed by atoms with E-state index in [4.69, 9.17) is 0 Å². The highest BCUT2D eigenvalue weighted by Gasteiger charge is 2.39. The van der Waals surface area contributed by atoms with Crippen molar-refractivity contribution in [1.29, 1.82) is 0 Å². The fourth-order valence-corrected chi connectivity index (χ4v) is 4.46. The Labute approximate surface area is 168 Å². The van der Waals surface area contributed by atoms with Crippen LogP contribution in [0.4, 0.5) is 11.4 Å². The highest BCUT2D eigenvalue weighted by molar-refractivity contribution is 9.10. The topological polar surface area (TPSA) is 84.3 Å². The van der Waals surface area contributed by atoms with E-state index in [0.29, 0.717) is 22.0 Å². The fourth-order valence-electron chi connectivity index (χ4n) is 3.00. The molecule has 1 N–H and O–H groups in total. The van der Waals surface area contributed by atoms with Gasteiger partial charge in [-0.15, -0.1) is 11.8 Å². The lowest BCUT2D eigenvalue weighted by atomic mass is 10.2. The molecule has 1 aromatic heterocycles. The molecule has 2 aliphatic rings. The van der Waals surface area contributed by atoms with Crippen LogP contribution in [0.15, 0.2) is 38.6 Å². The summed E-state index contributed by atoms with van der Waals surface area (Å²) in [5.41, 5.74) is 1.65. The summed E-state index contributed by atoms with van der Waals surface area (Å²) in [5.74, 6) is -0.101. The van der Waals surface area contributed by atoms with Crippen LogP contribution in [0.1, 0.15) is 18.4 Å².